The van der Waals surface area contributed by atoms with Crippen LogP contribution in [0.15, 0.2) is 18.2 Å². The molecule has 0 aliphatic heterocycles. The van der Waals surface area contributed by atoms with Crippen molar-refractivity contribution in [3.63, 3.8) is 0 Å². The largest absolute Gasteiger partial charge is 0.312 e. The fraction of sp³-hybridized carbons (Fsp3) is 0.333. The molecule has 0 radical (unpaired) electrons. The first kappa shape index (κ1) is 12.8. The van der Waals surface area contributed by atoms with Gasteiger partial charge < -0.3 is 5.32 Å². The van der Waals surface area contributed by atoms with Crippen LogP contribution in [-0.4, -0.2) is 7.05 Å². The van der Waals surface area contributed by atoms with Gasteiger partial charge in [0, 0.05) is 16.0 Å². The average Bonchev–Trinajstić information content (AvgIpc) is 2.24. The summed E-state index contributed by atoms with van der Waals surface area (Å²) < 4.78 is 1.08. The van der Waals surface area contributed by atoms with E-state index in [0.29, 0.717) is 0 Å². The predicted molar refractivity (Wildman–Crippen MR) is 74.0 cm³/mol. The second-order valence-corrected chi connectivity index (χ2v) is 4.72. The van der Waals surface area contributed by atoms with E-state index < -0.39 is 0 Å². The molecule has 1 rings (SSSR count). The number of hydrogen-bond donors (Lipinski definition) is 1. The van der Waals surface area contributed by atoms with Crippen molar-refractivity contribution in [2.45, 2.75) is 19.4 Å². The topological polar surface area (TPSA) is 12.0 Å². The molecule has 80 valence electrons. The highest BCUT2D eigenvalue weighted by Gasteiger charge is 2.08. The smallest absolute Gasteiger partial charge is 0.0542 e. The molecule has 0 fully saturated rings. The Bertz CT molecular complexity index is 392. The summed E-state index contributed by atoms with van der Waals surface area (Å²) in [5.74, 6) is 5.98. The van der Waals surface area contributed by atoms with Crippen LogP contribution in [0.1, 0.15) is 24.9 Å². The second-order valence-electron chi connectivity index (χ2n) is 3.15. The molecule has 15 heavy (non-hydrogen) atoms. The summed E-state index contributed by atoms with van der Waals surface area (Å²) in [6.45, 7) is 1.85. The third-order valence-electron chi connectivity index (χ3n) is 2.18. The minimum Gasteiger partial charge on any atom is -0.312 e. The molecule has 1 N–H and O–H groups in total. The standard InChI is InChI=1S/C12H13ClIN/c1-3-4-5-12(15-2)9-6-7-11(14)10(13)8-9/h6-8,12,15H,5H2,1-2H3. The van der Waals surface area contributed by atoms with Gasteiger partial charge in [-0.05, 0) is 54.3 Å². The van der Waals surface area contributed by atoms with Crippen molar-refractivity contribution in [2.24, 2.45) is 0 Å². The maximum atomic E-state index is 6.08. The Labute approximate surface area is 110 Å². The molecular formula is C12H13ClIN. The Hall–Kier alpha value is -0.240. The molecule has 0 aliphatic carbocycles. The van der Waals surface area contributed by atoms with Crippen LogP contribution >= 0.6 is 34.2 Å². The SMILES string of the molecule is CC#CCC(NC)c1ccc(I)c(Cl)c1. The zero-order chi connectivity index (χ0) is 11.3. The number of benzene rings is 1. The van der Waals surface area contributed by atoms with Crippen LogP contribution in [0.2, 0.25) is 5.02 Å². The molecule has 1 aromatic rings. The summed E-state index contributed by atoms with van der Waals surface area (Å²) in [6, 6.07) is 6.38. The molecule has 1 aromatic carbocycles. The molecule has 0 heterocycles. The highest BCUT2D eigenvalue weighted by Crippen LogP contribution is 2.24. The Morgan fingerprint density at radius 3 is 2.80 bits per heavy atom. The highest BCUT2D eigenvalue weighted by molar-refractivity contribution is 14.1. The van der Waals surface area contributed by atoms with Crippen molar-refractivity contribution in [1.29, 1.82) is 0 Å². The van der Waals surface area contributed by atoms with Crippen molar-refractivity contribution < 1.29 is 0 Å². The van der Waals surface area contributed by atoms with Gasteiger partial charge in [0.1, 0.15) is 0 Å². The first-order valence-corrected chi connectivity index (χ1v) is 6.16. The van der Waals surface area contributed by atoms with E-state index in [0.717, 1.165) is 15.0 Å². The summed E-state index contributed by atoms with van der Waals surface area (Å²) in [5.41, 5.74) is 1.19. The zero-order valence-electron chi connectivity index (χ0n) is 8.77. The van der Waals surface area contributed by atoms with Crippen molar-refractivity contribution in [3.05, 3.63) is 32.4 Å². The fourth-order valence-corrected chi connectivity index (χ4v) is 1.84. The van der Waals surface area contributed by atoms with Crippen molar-refractivity contribution in [3.8, 4) is 11.8 Å². The Morgan fingerprint density at radius 1 is 1.53 bits per heavy atom. The lowest BCUT2D eigenvalue weighted by atomic mass is 10.0. The van der Waals surface area contributed by atoms with E-state index in [4.69, 9.17) is 11.6 Å². The van der Waals surface area contributed by atoms with E-state index in [1.807, 2.05) is 26.1 Å². The van der Waals surface area contributed by atoms with Crippen LogP contribution < -0.4 is 5.32 Å². The lowest BCUT2D eigenvalue weighted by Gasteiger charge is -2.14. The fourth-order valence-electron chi connectivity index (χ4n) is 1.32. The van der Waals surface area contributed by atoms with Crippen LogP contribution in [0, 0.1) is 15.4 Å². The maximum Gasteiger partial charge on any atom is 0.0542 e. The van der Waals surface area contributed by atoms with E-state index in [-0.39, 0.29) is 6.04 Å². The number of nitrogens with one attached hydrogen (secondary N) is 1. The molecule has 0 amide bonds. The molecule has 0 saturated carbocycles. The van der Waals surface area contributed by atoms with E-state index in [2.05, 4.69) is 45.8 Å². The minimum atomic E-state index is 0.256. The van der Waals surface area contributed by atoms with Crippen LogP contribution in [0.25, 0.3) is 0 Å². The van der Waals surface area contributed by atoms with Crippen molar-refractivity contribution >= 4 is 34.2 Å². The third kappa shape index (κ3) is 3.67. The van der Waals surface area contributed by atoms with Crippen molar-refractivity contribution in [2.75, 3.05) is 7.05 Å². The number of rotatable bonds is 3. The average molecular weight is 334 g/mol. The first-order chi connectivity index (χ1) is 7.19. The Balaban J connectivity index is 2.90. The van der Waals surface area contributed by atoms with Gasteiger partial charge in [-0.3, -0.25) is 0 Å². The predicted octanol–water partition coefficient (Wildman–Crippen LogP) is 3.62. The van der Waals surface area contributed by atoms with Crippen LogP contribution in [0.4, 0.5) is 0 Å². The number of hydrogen-bond acceptors (Lipinski definition) is 1. The molecule has 0 aliphatic rings. The molecule has 1 unspecified atom stereocenters. The molecule has 0 spiro atoms. The van der Waals surface area contributed by atoms with E-state index in [9.17, 15) is 0 Å². The molecular weight excluding hydrogens is 320 g/mol. The van der Waals surface area contributed by atoms with Gasteiger partial charge in [0.2, 0.25) is 0 Å². The molecule has 3 heteroatoms. The summed E-state index contributed by atoms with van der Waals surface area (Å²) >= 11 is 8.30. The summed E-state index contributed by atoms with van der Waals surface area (Å²) in [6.07, 6.45) is 0.809. The summed E-state index contributed by atoms with van der Waals surface area (Å²) in [7, 11) is 1.94. The van der Waals surface area contributed by atoms with Crippen molar-refractivity contribution in [1.82, 2.24) is 5.32 Å². The van der Waals surface area contributed by atoms with Gasteiger partial charge in [-0.15, -0.1) is 11.8 Å². The second kappa shape index (κ2) is 6.37. The maximum absolute atomic E-state index is 6.08. The minimum absolute atomic E-state index is 0.256. The molecule has 1 atom stereocenters. The van der Waals surface area contributed by atoms with Gasteiger partial charge in [0.25, 0.3) is 0 Å². The zero-order valence-corrected chi connectivity index (χ0v) is 11.7. The lowest BCUT2D eigenvalue weighted by molar-refractivity contribution is 0.611. The van der Waals surface area contributed by atoms with Gasteiger partial charge in [-0.1, -0.05) is 17.7 Å². The van der Waals surface area contributed by atoms with E-state index in [1.165, 1.54) is 5.56 Å². The molecule has 0 saturated heterocycles. The van der Waals surface area contributed by atoms with Gasteiger partial charge in [0.15, 0.2) is 0 Å². The molecule has 1 nitrogen and oxygen atoms in total. The number of halogens is 2. The normalized spacial score (nSPS) is 11.7. The Morgan fingerprint density at radius 2 is 2.27 bits per heavy atom. The van der Waals surface area contributed by atoms with Gasteiger partial charge in [-0.2, -0.15) is 0 Å². The van der Waals surface area contributed by atoms with Crippen LogP contribution in [-0.2, 0) is 0 Å². The third-order valence-corrected chi connectivity index (χ3v) is 3.75. The summed E-state index contributed by atoms with van der Waals surface area (Å²) in [5, 5.41) is 4.04. The quantitative estimate of drug-likeness (QED) is 0.658. The lowest BCUT2D eigenvalue weighted by Crippen LogP contribution is -2.15. The van der Waals surface area contributed by atoms with Crippen LogP contribution in [0.5, 0.6) is 0 Å². The highest BCUT2D eigenvalue weighted by atomic mass is 127. The van der Waals surface area contributed by atoms with E-state index >= 15 is 0 Å². The van der Waals surface area contributed by atoms with Crippen LogP contribution in [0.3, 0.4) is 0 Å². The van der Waals surface area contributed by atoms with Gasteiger partial charge in [-0.25, -0.2) is 0 Å². The summed E-state index contributed by atoms with van der Waals surface area (Å²) in [4.78, 5) is 0. The monoisotopic (exact) mass is 333 g/mol. The van der Waals surface area contributed by atoms with Gasteiger partial charge >= 0.3 is 0 Å². The van der Waals surface area contributed by atoms with Gasteiger partial charge in [0.05, 0.1) is 5.02 Å². The molecule has 0 bridgehead atoms. The molecule has 0 aromatic heterocycles. The first-order valence-electron chi connectivity index (χ1n) is 4.71. The Kier molecular flexibility index (Phi) is 5.44. The van der Waals surface area contributed by atoms with E-state index in [1.54, 1.807) is 0 Å².